The van der Waals surface area contributed by atoms with Gasteiger partial charge in [-0.2, -0.15) is 0 Å². The number of hydrogen-bond donors (Lipinski definition) is 0. The third kappa shape index (κ3) is 4.60. The molecule has 0 unspecified atom stereocenters. The van der Waals surface area contributed by atoms with E-state index in [2.05, 4.69) is 133 Å². The maximum atomic E-state index is 7.09. The molecule has 1 spiro atoms. The number of para-hydroxylation sites is 1. The SMILES string of the molecule is c1ccc(-c2cccc(-c3nc(-c4ccccc4)nc(-c4cccc5oc6ccc7c(c6c45)Oc4ccccc4C74c5ccccc5-c5ccccc54)n3)c2)cc1. The van der Waals surface area contributed by atoms with Crippen molar-refractivity contribution in [3.63, 3.8) is 0 Å². The van der Waals surface area contributed by atoms with Crippen LogP contribution in [0.2, 0.25) is 0 Å². The second kappa shape index (κ2) is 12.2. The summed E-state index contributed by atoms with van der Waals surface area (Å²) in [6.07, 6.45) is 0. The number of aromatic nitrogens is 3. The number of nitrogens with zero attached hydrogens (tertiary/aromatic N) is 3. The van der Waals surface area contributed by atoms with Crippen LogP contribution in [0.4, 0.5) is 0 Å². The van der Waals surface area contributed by atoms with Gasteiger partial charge in [-0.15, -0.1) is 0 Å². The van der Waals surface area contributed by atoms with Crippen LogP contribution in [0, 0.1) is 0 Å². The molecule has 10 aromatic rings. The molecule has 1 aliphatic heterocycles. The smallest absolute Gasteiger partial charge is 0.164 e. The number of ether oxygens (including phenoxy) is 1. The number of furan rings is 1. The first-order valence-electron chi connectivity index (χ1n) is 19.2. The van der Waals surface area contributed by atoms with E-state index in [1.807, 2.05) is 54.6 Å². The van der Waals surface area contributed by atoms with Crippen LogP contribution in [0.5, 0.6) is 11.5 Å². The molecule has 8 aromatic carbocycles. The minimum atomic E-state index is -0.603. The van der Waals surface area contributed by atoms with Crippen LogP contribution in [0.1, 0.15) is 22.3 Å². The molecule has 3 heterocycles. The maximum absolute atomic E-state index is 7.09. The standard InChI is InChI=1S/C52H31N3O2/c1-3-15-32(16-4-1)34-19-13-20-35(31-34)50-53-49(33-17-5-2-6-18-33)54-51(55-50)38-23-14-28-44-46(38)47-45(56-44)30-29-42-48(47)57-43-27-12-11-26-41(43)52(42)39-24-9-7-21-36(39)37-22-8-10-25-40(37)52/h1-31H. The highest BCUT2D eigenvalue weighted by atomic mass is 16.5. The Balaban J connectivity index is 1.14. The van der Waals surface area contributed by atoms with E-state index < -0.39 is 5.41 Å². The Morgan fingerprint density at radius 3 is 1.65 bits per heavy atom. The summed E-state index contributed by atoms with van der Waals surface area (Å²) >= 11 is 0. The fourth-order valence-corrected chi connectivity index (χ4v) is 9.21. The monoisotopic (exact) mass is 729 g/mol. The Labute approximate surface area is 328 Å². The lowest BCUT2D eigenvalue weighted by Gasteiger charge is -2.39. The van der Waals surface area contributed by atoms with Crippen molar-refractivity contribution in [3.05, 3.63) is 210 Å². The normalized spacial score (nSPS) is 13.2. The average molecular weight is 730 g/mol. The molecular weight excluding hydrogens is 699 g/mol. The van der Waals surface area contributed by atoms with Gasteiger partial charge in [-0.1, -0.05) is 158 Å². The van der Waals surface area contributed by atoms with Crippen molar-refractivity contribution in [3.8, 4) is 67.9 Å². The van der Waals surface area contributed by atoms with E-state index in [4.69, 9.17) is 24.1 Å². The van der Waals surface area contributed by atoms with Crippen molar-refractivity contribution < 1.29 is 9.15 Å². The fourth-order valence-electron chi connectivity index (χ4n) is 9.21. The summed E-state index contributed by atoms with van der Waals surface area (Å²) < 4.78 is 13.8. The Bertz CT molecular complexity index is 3180. The summed E-state index contributed by atoms with van der Waals surface area (Å²) in [6, 6.07) is 65.3. The van der Waals surface area contributed by atoms with E-state index in [0.29, 0.717) is 17.5 Å². The Hall–Kier alpha value is -7.63. The van der Waals surface area contributed by atoms with Crippen molar-refractivity contribution in [2.24, 2.45) is 0 Å². The molecule has 2 aliphatic rings. The van der Waals surface area contributed by atoms with Gasteiger partial charge in [0.1, 0.15) is 22.7 Å². The second-order valence-corrected chi connectivity index (χ2v) is 14.7. The van der Waals surface area contributed by atoms with Gasteiger partial charge in [-0.05, 0) is 63.7 Å². The molecule has 0 N–H and O–H groups in total. The lowest BCUT2D eigenvalue weighted by atomic mass is 9.66. The molecule has 1 aliphatic carbocycles. The maximum Gasteiger partial charge on any atom is 0.164 e. The lowest BCUT2D eigenvalue weighted by Crippen LogP contribution is -2.32. The van der Waals surface area contributed by atoms with E-state index in [1.54, 1.807) is 0 Å². The molecule has 57 heavy (non-hydrogen) atoms. The molecule has 0 atom stereocenters. The van der Waals surface area contributed by atoms with Crippen LogP contribution in [0.3, 0.4) is 0 Å². The molecule has 0 radical (unpaired) electrons. The van der Waals surface area contributed by atoms with Crippen LogP contribution in [-0.2, 0) is 5.41 Å². The zero-order valence-corrected chi connectivity index (χ0v) is 30.6. The zero-order chi connectivity index (χ0) is 37.5. The van der Waals surface area contributed by atoms with Gasteiger partial charge >= 0.3 is 0 Å². The summed E-state index contributed by atoms with van der Waals surface area (Å²) in [5.74, 6) is 3.33. The first kappa shape index (κ1) is 31.7. The number of fused-ring (bicyclic) bond motifs is 13. The third-order valence-corrected chi connectivity index (χ3v) is 11.6. The molecule has 12 rings (SSSR count). The number of rotatable bonds is 4. The van der Waals surface area contributed by atoms with E-state index in [-0.39, 0.29) is 0 Å². The molecule has 266 valence electrons. The predicted molar refractivity (Wildman–Crippen MR) is 226 cm³/mol. The molecule has 2 aromatic heterocycles. The molecule has 0 saturated heterocycles. The lowest BCUT2D eigenvalue weighted by molar-refractivity contribution is 0.441. The second-order valence-electron chi connectivity index (χ2n) is 14.7. The minimum absolute atomic E-state index is 0.553. The van der Waals surface area contributed by atoms with Crippen molar-refractivity contribution >= 4 is 21.9 Å². The van der Waals surface area contributed by atoms with E-state index in [0.717, 1.165) is 72.4 Å². The predicted octanol–water partition coefficient (Wildman–Crippen LogP) is 12.9. The van der Waals surface area contributed by atoms with Gasteiger partial charge < -0.3 is 9.15 Å². The zero-order valence-electron chi connectivity index (χ0n) is 30.6. The summed E-state index contributed by atoms with van der Waals surface area (Å²) in [4.78, 5) is 15.5. The molecular formula is C52H31N3O2. The highest BCUT2D eigenvalue weighted by molar-refractivity contribution is 6.15. The Morgan fingerprint density at radius 1 is 0.351 bits per heavy atom. The van der Waals surface area contributed by atoms with Crippen LogP contribution >= 0.6 is 0 Å². The largest absolute Gasteiger partial charge is 0.456 e. The first-order chi connectivity index (χ1) is 28.3. The quantitative estimate of drug-likeness (QED) is 0.180. The molecule has 0 bridgehead atoms. The highest BCUT2D eigenvalue weighted by Crippen LogP contribution is 2.63. The van der Waals surface area contributed by atoms with Crippen molar-refractivity contribution in [2.75, 3.05) is 0 Å². The molecule has 0 amide bonds. The summed E-state index contributed by atoms with van der Waals surface area (Å²) in [7, 11) is 0. The van der Waals surface area contributed by atoms with Gasteiger partial charge in [0.15, 0.2) is 17.5 Å². The van der Waals surface area contributed by atoms with Gasteiger partial charge in [0.25, 0.3) is 0 Å². The fraction of sp³-hybridized carbons (Fsp3) is 0.0192. The summed E-state index contributed by atoms with van der Waals surface area (Å²) in [6.45, 7) is 0. The summed E-state index contributed by atoms with van der Waals surface area (Å²) in [5.41, 5.74) is 12.9. The van der Waals surface area contributed by atoms with Crippen LogP contribution < -0.4 is 4.74 Å². The van der Waals surface area contributed by atoms with Crippen molar-refractivity contribution in [1.29, 1.82) is 0 Å². The topological polar surface area (TPSA) is 61.0 Å². The third-order valence-electron chi connectivity index (χ3n) is 11.6. The van der Waals surface area contributed by atoms with Gasteiger partial charge in [0.2, 0.25) is 0 Å². The molecule has 0 fully saturated rings. The van der Waals surface area contributed by atoms with E-state index >= 15 is 0 Å². The first-order valence-corrected chi connectivity index (χ1v) is 19.2. The highest BCUT2D eigenvalue weighted by Gasteiger charge is 2.51. The molecule has 5 heteroatoms. The average Bonchev–Trinajstić information content (AvgIpc) is 3.82. The number of benzene rings is 8. The minimum Gasteiger partial charge on any atom is -0.456 e. The van der Waals surface area contributed by atoms with E-state index in [9.17, 15) is 0 Å². The van der Waals surface area contributed by atoms with Gasteiger partial charge in [0.05, 0.1) is 10.8 Å². The Morgan fingerprint density at radius 2 is 0.895 bits per heavy atom. The van der Waals surface area contributed by atoms with Crippen molar-refractivity contribution in [1.82, 2.24) is 15.0 Å². The number of hydrogen-bond acceptors (Lipinski definition) is 5. The molecule has 0 saturated carbocycles. The Kier molecular flexibility index (Phi) is 6.78. The van der Waals surface area contributed by atoms with Crippen LogP contribution in [-0.4, -0.2) is 15.0 Å². The van der Waals surface area contributed by atoms with Crippen LogP contribution in [0.15, 0.2) is 192 Å². The van der Waals surface area contributed by atoms with Crippen LogP contribution in [0.25, 0.3) is 78.4 Å². The summed E-state index contributed by atoms with van der Waals surface area (Å²) in [5, 5.41) is 1.79. The van der Waals surface area contributed by atoms with E-state index in [1.165, 1.54) is 22.3 Å². The molecule has 5 nitrogen and oxygen atoms in total. The van der Waals surface area contributed by atoms with Gasteiger partial charge in [0, 0.05) is 33.2 Å². The van der Waals surface area contributed by atoms with Crippen molar-refractivity contribution in [2.45, 2.75) is 5.41 Å². The van der Waals surface area contributed by atoms with Gasteiger partial charge in [-0.25, -0.2) is 15.0 Å². The van der Waals surface area contributed by atoms with Gasteiger partial charge in [-0.3, -0.25) is 0 Å².